The molecular formula is C11H12N2O6. The number of aromatic nitrogens is 1. The second kappa shape index (κ2) is 6.34. The van der Waals surface area contributed by atoms with Crippen molar-refractivity contribution in [3.05, 3.63) is 24.0 Å². The van der Waals surface area contributed by atoms with Crippen LogP contribution in [-0.4, -0.2) is 46.2 Å². The third-order valence-electron chi connectivity index (χ3n) is 2.23. The van der Waals surface area contributed by atoms with E-state index in [2.05, 4.69) is 10.3 Å². The number of carboxylic acid groups (broad SMARTS) is 2. The van der Waals surface area contributed by atoms with Crippen molar-refractivity contribution in [3.8, 4) is 5.75 Å². The number of carbonyl (C=O) groups excluding carboxylic acids is 1. The predicted octanol–water partition coefficient (Wildman–Crippen LogP) is -0.252. The molecule has 19 heavy (non-hydrogen) atoms. The van der Waals surface area contributed by atoms with Crippen LogP contribution < -0.4 is 10.1 Å². The topological polar surface area (TPSA) is 126 Å². The molecule has 0 aliphatic carbocycles. The highest BCUT2D eigenvalue weighted by Gasteiger charge is 2.24. The van der Waals surface area contributed by atoms with Crippen LogP contribution in [-0.2, 0) is 9.59 Å². The van der Waals surface area contributed by atoms with Gasteiger partial charge in [0.2, 0.25) is 0 Å². The molecule has 1 heterocycles. The number of hydrogen-bond donors (Lipinski definition) is 3. The molecule has 8 heteroatoms. The fourth-order valence-electron chi connectivity index (χ4n) is 1.34. The van der Waals surface area contributed by atoms with Gasteiger partial charge in [-0.2, -0.15) is 0 Å². The van der Waals surface area contributed by atoms with Gasteiger partial charge in [-0.05, 0) is 6.07 Å². The van der Waals surface area contributed by atoms with Crippen LogP contribution in [0.15, 0.2) is 18.5 Å². The predicted molar refractivity (Wildman–Crippen MR) is 61.9 cm³/mol. The molecule has 1 amide bonds. The molecule has 0 aromatic carbocycles. The molecule has 0 aliphatic heterocycles. The number of ether oxygens (including phenoxy) is 1. The van der Waals surface area contributed by atoms with Gasteiger partial charge in [-0.25, -0.2) is 4.79 Å². The van der Waals surface area contributed by atoms with Crippen LogP contribution in [0.5, 0.6) is 5.75 Å². The first kappa shape index (κ1) is 14.4. The molecule has 3 N–H and O–H groups in total. The smallest absolute Gasteiger partial charge is 0.326 e. The molecule has 1 aromatic rings. The van der Waals surface area contributed by atoms with Gasteiger partial charge in [-0.15, -0.1) is 0 Å². The minimum Gasteiger partial charge on any atom is -0.494 e. The van der Waals surface area contributed by atoms with Crippen molar-refractivity contribution in [1.82, 2.24) is 10.3 Å². The third kappa shape index (κ3) is 3.95. The molecule has 0 aliphatic rings. The van der Waals surface area contributed by atoms with Crippen LogP contribution in [0.1, 0.15) is 16.8 Å². The SMILES string of the molecule is COc1cnccc1C(=O)N[C@@H](CC(=O)O)C(=O)O. The van der Waals surface area contributed by atoms with Crippen molar-refractivity contribution in [2.24, 2.45) is 0 Å². The summed E-state index contributed by atoms with van der Waals surface area (Å²) < 4.78 is 4.90. The van der Waals surface area contributed by atoms with Crippen LogP contribution in [0.4, 0.5) is 0 Å². The molecule has 0 saturated carbocycles. The van der Waals surface area contributed by atoms with Gasteiger partial charge >= 0.3 is 11.9 Å². The lowest BCUT2D eigenvalue weighted by Gasteiger charge is -2.13. The van der Waals surface area contributed by atoms with Crippen molar-refractivity contribution in [2.45, 2.75) is 12.5 Å². The summed E-state index contributed by atoms with van der Waals surface area (Å²) in [5.74, 6) is -3.33. The molecule has 1 rings (SSSR count). The van der Waals surface area contributed by atoms with E-state index in [4.69, 9.17) is 14.9 Å². The van der Waals surface area contributed by atoms with Crippen LogP contribution in [0, 0.1) is 0 Å². The molecule has 102 valence electrons. The van der Waals surface area contributed by atoms with E-state index in [0.29, 0.717) is 0 Å². The lowest BCUT2D eigenvalue weighted by atomic mass is 10.1. The molecule has 0 saturated heterocycles. The van der Waals surface area contributed by atoms with E-state index in [9.17, 15) is 14.4 Å². The number of carbonyl (C=O) groups is 3. The van der Waals surface area contributed by atoms with E-state index in [0.717, 1.165) is 0 Å². The van der Waals surface area contributed by atoms with Crippen molar-refractivity contribution in [3.63, 3.8) is 0 Å². The summed E-state index contributed by atoms with van der Waals surface area (Å²) in [6, 6.07) is -0.170. The zero-order chi connectivity index (χ0) is 14.4. The summed E-state index contributed by atoms with van der Waals surface area (Å²) >= 11 is 0. The number of amides is 1. The molecule has 0 unspecified atom stereocenters. The minimum atomic E-state index is -1.51. The Morgan fingerprint density at radius 2 is 2.11 bits per heavy atom. The minimum absolute atomic E-state index is 0.0779. The van der Waals surface area contributed by atoms with Gasteiger partial charge in [-0.3, -0.25) is 14.6 Å². The quantitative estimate of drug-likeness (QED) is 0.649. The first-order valence-electron chi connectivity index (χ1n) is 5.19. The Hall–Kier alpha value is -2.64. The number of aliphatic carboxylic acids is 2. The van der Waals surface area contributed by atoms with E-state index in [-0.39, 0.29) is 11.3 Å². The number of hydrogen-bond acceptors (Lipinski definition) is 5. The lowest BCUT2D eigenvalue weighted by Crippen LogP contribution is -2.42. The van der Waals surface area contributed by atoms with Gasteiger partial charge in [0.15, 0.2) is 0 Å². The second-order valence-electron chi connectivity index (χ2n) is 3.54. The van der Waals surface area contributed by atoms with E-state index in [1.165, 1.54) is 25.6 Å². The lowest BCUT2D eigenvalue weighted by molar-refractivity contribution is -0.145. The normalized spacial score (nSPS) is 11.4. The van der Waals surface area contributed by atoms with Crippen LogP contribution in [0.2, 0.25) is 0 Å². The molecule has 0 radical (unpaired) electrons. The number of methoxy groups -OCH3 is 1. The summed E-state index contributed by atoms with van der Waals surface area (Å²) in [4.78, 5) is 36.9. The summed E-state index contributed by atoms with van der Waals surface area (Å²) in [6.45, 7) is 0. The summed E-state index contributed by atoms with van der Waals surface area (Å²) in [5, 5.41) is 19.5. The fourth-order valence-corrected chi connectivity index (χ4v) is 1.34. The Morgan fingerprint density at radius 3 is 2.63 bits per heavy atom. The number of pyridine rings is 1. The van der Waals surface area contributed by atoms with E-state index >= 15 is 0 Å². The molecule has 0 bridgehead atoms. The average molecular weight is 268 g/mol. The molecular weight excluding hydrogens is 256 g/mol. The molecule has 1 aromatic heterocycles. The van der Waals surface area contributed by atoms with E-state index < -0.39 is 30.3 Å². The Kier molecular flexibility index (Phi) is 4.81. The Morgan fingerprint density at radius 1 is 1.42 bits per heavy atom. The first-order valence-corrected chi connectivity index (χ1v) is 5.19. The van der Waals surface area contributed by atoms with Gasteiger partial charge in [0, 0.05) is 6.20 Å². The van der Waals surface area contributed by atoms with E-state index in [1.54, 1.807) is 0 Å². The largest absolute Gasteiger partial charge is 0.494 e. The maximum atomic E-state index is 11.8. The third-order valence-corrected chi connectivity index (χ3v) is 2.23. The van der Waals surface area contributed by atoms with Crippen molar-refractivity contribution in [2.75, 3.05) is 7.11 Å². The summed E-state index contributed by atoms with van der Waals surface area (Å²) in [5.41, 5.74) is 0.0779. The maximum Gasteiger partial charge on any atom is 0.326 e. The summed E-state index contributed by atoms with van der Waals surface area (Å²) in [6.07, 6.45) is 1.92. The van der Waals surface area contributed by atoms with Crippen molar-refractivity contribution in [1.29, 1.82) is 0 Å². The number of rotatable bonds is 6. The van der Waals surface area contributed by atoms with Crippen LogP contribution in [0.25, 0.3) is 0 Å². The van der Waals surface area contributed by atoms with Gasteiger partial charge in [-0.1, -0.05) is 0 Å². The Labute approximate surface area is 108 Å². The second-order valence-corrected chi connectivity index (χ2v) is 3.54. The zero-order valence-electron chi connectivity index (χ0n) is 9.99. The van der Waals surface area contributed by atoms with Gasteiger partial charge in [0.05, 0.1) is 25.3 Å². The molecule has 0 spiro atoms. The number of carboxylic acids is 2. The van der Waals surface area contributed by atoms with Gasteiger partial charge in [0.25, 0.3) is 5.91 Å². The zero-order valence-corrected chi connectivity index (χ0v) is 9.99. The molecule has 8 nitrogen and oxygen atoms in total. The highest BCUT2D eigenvalue weighted by atomic mass is 16.5. The average Bonchev–Trinajstić information content (AvgIpc) is 2.37. The summed E-state index contributed by atoms with van der Waals surface area (Å²) in [7, 11) is 1.33. The number of nitrogens with zero attached hydrogens (tertiary/aromatic N) is 1. The highest BCUT2D eigenvalue weighted by molar-refractivity contribution is 5.99. The Balaban J connectivity index is 2.87. The monoisotopic (exact) mass is 268 g/mol. The van der Waals surface area contributed by atoms with Crippen molar-refractivity contribution < 1.29 is 29.3 Å². The molecule has 0 fully saturated rings. The van der Waals surface area contributed by atoms with E-state index in [1.807, 2.05) is 0 Å². The highest BCUT2D eigenvalue weighted by Crippen LogP contribution is 2.15. The number of nitrogens with one attached hydrogen (secondary N) is 1. The van der Waals surface area contributed by atoms with Crippen LogP contribution in [0.3, 0.4) is 0 Å². The standard InChI is InChI=1S/C11H12N2O6/c1-19-8-5-12-3-2-6(8)10(16)13-7(11(17)18)4-9(14)15/h2-3,5,7H,4H2,1H3,(H,13,16)(H,14,15)(H,17,18)/t7-/m0/s1. The maximum absolute atomic E-state index is 11.8. The van der Waals surface area contributed by atoms with Crippen molar-refractivity contribution >= 4 is 17.8 Å². The fraction of sp³-hybridized carbons (Fsp3) is 0.273. The molecule has 1 atom stereocenters. The first-order chi connectivity index (χ1) is 8.95. The van der Waals surface area contributed by atoms with Gasteiger partial charge < -0.3 is 20.3 Å². The van der Waals surface area contributed by atoms with Crippen LogP contribution >= 0.6 is 0 Å². The Bertz CT molecular complexity index is 502. The van der Waals surface area contributed by atoms with Gasteiger partial charge in [0.1, 0.15) is 11.8 Å².